The molecule has 76 valence electrons. The van der Waals surface area contributed by atoms with E-state index in [9.17, 15) is 4.39 Å². The Kier molecular flexibility index (Phi) is 2.88. The summed E-state index contributed by atoms with van der Waals surface area (Å²) in [6.07, 6.45) is 3.63. The van der Waals surface area contributed by atoms with Crippen molar-refractivity contribution in [3.63, 3.8) is 0 Å². The number of rotatable bonds is 3. The molecule has 2 N–H and O–H groups in total. The van der Waals surface area contributed by atoms with Gasteiger partial charge in [-0.05, 0) is 46.0 Å². The number of nitrogens with two attached hydrogens (primary N) is 1. The zero-order valence-corrected chi connectivity index (χ0v) is 9.43. The highest BCUT2D eigenvalue weighted by Crippen LogP contribution is 2.37. The lowest BCUT2D eigenvalue weighted by Gasteiger charge is -2.11. The Morgan fingerprint density at radius 1 is 1.50 bits per heavy atom. The van der Waals surface area contributed by atoms with E-state index in [-0.39, 0.29) is 11.9 Å². The predicted octanol–water partition coefficient (Wildman–Crippen LogP) is 3.39. The van der Waals surface area contributed by atoms with Gasteiger partial charge in [0.05, 0.1) is 4.47 Å². The maximum atomic E-state index is 12.9. The summed E-state index contributed by atoms with van der Waals surface area (Å²) in [5, 5.41) is 0. The van der Waals surface area contributed by atoms with Crippen molar-refractivity contribution < 1.29 is 4.39 Å². The first-order valence-corrected chi connectivity index (χ1v) is 5.66. The topological polar surface area (TPSA) is 26.0 Å². The van der Waals surface area contributed by atoms with Gasteiger partial charge in [0.2, 0.25) is 0 Å². The molecular weight excluding hydrogens is 245 g/mol. The van der Waals surface area contributed by atoms with Crippen LogP contribution in [0.2, 0.25) is 0 Å². The van der Waals surface area contributed by atoms with E-state index in [1.807, 2.05) is 0 Å². The van der Waals surface area contributed by atoms with Gasteiger partial charge >= 0.3 is 0 Å². The molecule has 2 rings (SSSR count). The highest BCUT2D eigenvalue weighted by Gasteiger charge is 2.24. The minimum Gasteiger partial charge on any atom is -0.324 e. The van der Waals surface area contributed by atoms with Crippen LogP contribution in [0.15, 0.2) is 22.7 Å². The Labute approximate surface area is 91.6 Å². The minimum absolute atomic E-state index is 0.0550. The van der Waals surface area contributed by atoms with Crippen LogP contribution in [0.4, 0.5) is 4.39 Å². The standard InChI is InChI=1S/C11H13BrFN/c12-9-6-8(3-4-10(9)13)11(14)5-7-1-2-7/h3-4,6-7,11H,1-2,5,14H2/t11-/m1/s1. The third-order valence-electron chi connectivity index (χ3n) is 2.66. The molecule has 0 spiro atoms. The lowest BCUT2D eigenvalue weighted by atomic mass is 10.0. The zero-order chi connectivity index (χ0) is 10.1. The maximum Gasteiger partial charge on any atom is 0.137 e. The van der Waals surface area contributed by atoms with E-state index >= 15 is 0 Å². The summed E-state index contributed by atoms with van der Waals surface area (Å²) in [4.78, 5) is 0. The molecule has 1 atom stereocenters. The molecule has 0 unspecified atom stereocenters. The Hall–Kier alpha value is -0.410. The van der Waals surface area contributed by atoms with Gasteiger partial charge in [0.15, 0.2) is 0 Å². The second-order valence-electron chi connectivity index (χ2n) is 3.96. The van der Waals surface area contributed by atoms with Crippen molar-refractivity contribution in [1.29, 1.82) is 0 Å². The number of halogens is 2. The third kappa shape index (κ3) is 2.34. The van der Waals surface area contributed by atoms with Crippen molar-refractivity contribution in [3.05, 3.63) is 34.1 Å². The molecule has 0 aliphatic heterocycles. The van der Waals surface area contributed by atoms with Gasteiger partial charge in [-0.1, -0.05) is 18.9 Å². The smallest absolute Gasteiger partial charge is 0.137 e. The van der Waals surface area contributed by atoms with Crippen molar-refractivity contribution in [2.45, 2.75) is 25.3 Å². The van der Waals surface area contributed by atoms with Gasteiger partial charge < -0.3 is 5.73 Å². The maximum absolute atomic E-state index is 12.9. The Balaban J connectivity index is 2.10. The molecule has 1 aliphatic rings. The molecule has 1 aliphatic carbocycles. The van der Waals surface area contributed by atoms with Gasteiger partial charge in [0, 0.05) is 6.04 Å². The van der Waals surface area contributed by atoms with Gasteiger partial charge in [-0.15, -0.1) is 0 Å². The van der Waals surface area contributed by atoms with Gasteiger partial charge in [-0.25, -0.2) is 4.39 Å². The van der Waals surface area contributed by atoms with Crippen LogP contribution in [-0.2, 0) is 0 Å². The summed E-state index contributed by atoms with van der Waals surface area (Å²) in [6, 6.07) is 5.07. The molecule has 0 bridgehead atoms. The fraction of sp³-hybridized carbons (Fsp3) is 0.455. The van der Waals surface area contributed by atoms with E-state index in [0.717, 1.165) is 17.9 Å². The van der Waals surface area contributed by atoms with Crippen LogP contribution in [0.3, 0.4) is 0 Å². The van der Waals surface area contributed by atoms with Gasteiger partial charge in [-0.3, -0.25) is 0 Å². The summed E-state index contributed by atoms with van der Waals surface area (Å²) in [5.74, 6) is 0.571. The molecule has 0 heterocycles. The first kappa shape index (κ1) is 10.1. The molecular formula is C11H13BrFN. The van der Waals surface area contributed by atoms with Crippen LogP contribution < -0.4 is 5.73 Å². The Morgan fingerprint density at radius 3 is 2.79 bits per heavy atom. The van der Waals surface area contributed by atoms with Crippen molar-refractivity contribution in [2.75, 3.05) is 0 Å². The molecule has 0 amide bonds. The lowest BCUT2D eigenvalue weighted by molar-refractivity contribution is 0.589. The van der Waals surface area contributed by atoms with E-state index in [1.165, 1.54) is 18.9 Å². The molecule has 14 heavy (non-hydrogen) atoms. The fourth-order valence-electron chi connectivity index (χ4n) is 1.59. The van der Waals surface area contributed by atoms with Crippen LogP contribution in [0, 0.1) is 11.7 Å². The first-order valence-electron chi connectivity index (χ1n) is 4.87. The number of hydrogen-bond donors (Lipinski definition) is 1. The summed E-state index contributed by atoms with van der Waals surface area (Å²) >= 11 is 3.17. The van der Waals surface area contributed by atoms with E-state index in [4.69, 9.17) is 5.73 Å². The summed E-state index contributed by atoms with van der Waals surface area (Å²) < 4.78 is 13.5. The molecule has 1 fully saturated rings. The normalized spacial score (nSPS) is 18.2. The lowest BCUT2D eigenvalue weighted by Crippen LogP contribution is -2.11. The van der Waals surface area contributed by atoms with E-state index in [2.05, 4.69) is 15.9 Å². The summed E-state index contributed by atoms with van der Waals surface area (Å²) in [6.45, 7) is 0. The van der Waals surface area contributed by atoms with Crippen LogP contribution in [0.5, 0.6) is 0 Å². The van der Waals surface area contributed by atoms with Crippen molar-refractivity contribution in [1.82, 2.24) is 0 Å². The molecule has 0 saturated heterocycles. The molecule has 1 aromatic rings. The zero-order valence-electron chi connectivity index (χ0n) is 7.84. The quantitative estimate of drug-likeness (QED) is 0.883. The predicted molar refractivity (Wildman–Crippen MR) is 58.4 cm³/mol. The largest absolute Gasteiger partial charge is 0.324 e. The molecule has 1 aromatic carbocycles. The van der Waals surface area contributed by atoms with Crippen LogP contribution >= 0.6 is 15.9 Å². The fourth-order valence-corrected chi connectivity index (χ4v) is 1.99. The Morgan fingerprint density at radius 2 is 2.21 bits per heavy atom. The first-order chi connectivity index (χ1) is 6.66. The van der Waals surface area contributed by atoms with Gasteiger partial charge in [-0.2, -0.15) is 0 Å². The molecule has 0 aromatic heterocycles. The van der Waals surface area contributed by atoms with E-state index < -0.39 is 0 Å². The van der Waals surface area contributed by atoms with Crippen LogP contribution in [0.1, 0.15) is 30.9 Å². The van der Waals surface area contributed by atoms with E-state index in [0.29, 0.717) is 4.47 Å². The van der Waals surface area contributed by atoms with Gasteiger partial charge in [0.1, 0.15) is 5.82 Å². The molecule has 3 heteroatoms. The Bertz CT molecular complexity index is 336. The van der Waals surface area contributed by atoms with Gasteiger partial charge in [0.25, 0.3) is 0 Å². The van der Waals surface area contributed by atoms with Crippen molar-refractivity contribution in [3.8, 4) is 0 Å². The second-order valence-corrected chi connectivity index (χ2v) is 4.81. The van der Waals surface area contributed by atoms with Crippen molar-refractivity contribution >= 4 is 15.9 Å². The highest BCUT2D eigenvalue weighted by molar-refractivity contribution is 9.10. The number of hydrogen-bond acceptors (Lipinski definition) is 1. The second kappa shape index (κ2) is 3.99. The van der Waals surface area contributed by atoms with E-state index in [1.54, 1.807) is 12.1 Å². The molecule has 1 nitrogen and oxygen atoms in total. The number of benzene rings is 1. The van der Waals surface area contributed by atoms with Crippen LogP contribution in [0.25, 0.3) is 0 Å². The average Bonchev–Trinajstić information content (AvgIpc) is 2.93. The molecule has 1 saturated carbocycles. The van der Waals surface area contributed by atoms with Crippen LogP contribution in [-0.4, -0.2) is 0 Å². The third-order valence-corrected chi connectivity index (χ3v) is 3.26. The monoisotopic (exact) mass is 257 g/mol. The SMILES string of the molecule is N[C@H](CC1CC1)c1ccc(F)c(Br)c1. The highest BCUT2D eigenvalue weighted by atomic mass is 79.9. The molecule has 0 radical (unpaired) electrons. The minimum atomic E-state index is -0.229. The summed E-state index contributed by atoms with van der Waals surface area (Å²) in [5.41, 5.74) is 7.03. The average molecular weight is 258 g/mol. The summed E-state index contributed by atoms with van der Waals surface area (Å²) in [7, 11) is 0. The van der Waals surface area contributed by atoms with Crippen molar-refractivity contribution in [2.24, 2.45) is 11.7 Å².